The largest absolute Gasteiger partial charge is 0.237 e. The number of rotatable bonds is 2. The number of benzene rings is 3. The summed E-state index contributed by atoms with van der Waals surface area (Å²) in [7, 11) is 0. The number of hydrogen-bond acceptors (Lipinski definition) is 2. The van der Waals surface area contributed by atoms with Gasteiger partial charge in [0.05, 0.1) is 5.69 Å². The Morgan fingerprint density at radius 1 is 0.591 bits per heavy atom. The Labute approximate surface area is 129 Å². The van der Waals surface area contributed by atoms with Crippen molar-refractivity contribution in [3.63, 3.8) is 0 Å². The summed E-state index contributed by atoms with van der Waals surface area (Å²) in [5.41, 5.74) is 3.09. The van der Waals surface area contributed by atoms with E-state index in [-0.39, 0.29) is 0 Å². The van der Waals surface area contributed by atoms with Gasteiger partial charge in [0.25, 0.3) is 0 Å². The maximum atomic E-state index is 4.71. The Hall–Kier alpha value is -3.00. The highest BCUT2D eigenvalue weighted by molar-refractivity contribution is 5.86. The average molecular weight is 282 g/mol. The molecule has 3 aromatic carbocycles. The van der Waals surface area contributed by atoms with E-state index in [4.69, 9.17) is 4.98 Å². The number of hydrogen-bond donors (Lipinski definition) is 0. The molecule has 1 aromatic heterocycles. The summed E-state index contributed by atoms with van der Waals surface area (Å²) in [6.45, 7) is 0. The van der Waals surface area contributed by atoms with Gasteiger partial charge >= 0.3 is 0 Å². The molecule has 4 aromatic rings. The molecule has 0 saturated heterocycles. The molecule has 0 radical (unpaired) electrons. The molecule has 0 aliphatic rings. The van der Waals surface area contributed by atoms with Gasteiger partial charge in [-0.05, 0) is 22.9 Å². The first kappa shape index (κ1) is 12.7. The molecule has 0 fully saturated rings. The second-order valence-corrected chi connectivity index (χ2v) is 5.19. The van der Waals surface area contributed by atoms with Crippen LogP contribution in [0.4, 0.5) is 0 Å². The van der Waals surface area contributed by atoms with Gasteiger partial charge in [0.2, 0.25) is 0 Å². The predicted molar refractivity (Wildman–Crippen MR) is 90.4 cm³/mol. The molecule has 0 amide bonds. The van der Waals surface area contributed by atoms with Crippen molar-refractivity contribution >= 4 is 10.8 Å². The monoisotopic (exact) mass is 282 g/mol. The van der Waals surface area contributed by atoms with Crippen LogP contribution in [0.3, 0.4) is 0 Å². The highest BCUT2D eigenvalue weighted by atomic mass is 14.9. The zero-order valence-electron chi connectivity index (χ0n) is 12.0. The molecule has 1 heterocycles. The Morgan fingerprint density at radius 3 is 2.23 bits per heavy atom. The second kappa shape index (κ2) is 5.41. The van der Waals surface area contributed by atoms with Crippen LogP contribution in [0, 0.1) is 0 Å². The molecular formula is C20H14N2. The highest BCUT2D eigenvalue weighted by Gasteiger charge is 2.05. The van der Waals surface area contributed by atoms with Crippen LogP contribution in [0.25, 0.3) is 33.4 Å². The number of aromatic nitrogens is 2. The van der Waals surface area contributed by atoms with E-state index >= 15 is 0 Å². The van der Waals surface area contributed by atoms with Gasteiger partial charge in [0.1, 0.15) is 0 Å². The minimum atomic E-state index is 0.756. The third kappa shape index (κ3) is 2.35. The highest BCUT2D eigenvalue weighted by Crippen LogP contribution is 2.24. The normalized spacial score (nSPS) is 10.7. The van der Waals surface area contributed by atoms with Crippen LogP contribution in [-0.2, 0) is 0 Å². The van der Waals surface area contributed by atoms with Gasteiger partial charge in [-0.1, -0.05) is 66.7 Å². The molecule has 0 aliphatic carbocycles. The van der Waals surface area contributed by atoms with Gasteiger partial charge in [0.15, 0.2) is 5.82 Å². The molecule has 2 heteroatoms. The minimum absolute atomic E-state index is 0.756. The molecule has 0 N–H and O–H groups in total. The Bertz CT molecular complexity index is 930. The summed E-state index contributed by atoms with van der Waals surface area (Å²) in [4.78, 5) is 9.10. The van der Waals surface area contributed by atoms with E-state index < -0.39 is 0 Å². The van der Waals surface area contributed by atoms with Crippen LogP contribution in [0.15, 0.2) is 85.1 Å². The van der Waals surface area contributed by atoms with Crippen molar-refractivity contribution in [1.29, 1.82) is 0 Å². The van der Waals surface area contributed by atoms with Crippen LogP contribution in [0.5, 0.6) is 0 Å². The van der Waals surface area contributed by atoms with Gasteiger partial charge in [0, 0.05) is 17.3 Å². The van der Waals surface area contributed by atoms with E-state index in [1.54, 1.807) is 0 Å². The first-order chi connectivity index (χ1) is 10.9. The standard InChI is InChI=1S/C20H14N2/c1-2-7-16(8-3-1)20-21-13-12-19(22-20)18-11-10-15-6-4-5-9-17(15)14-18/h1-14H. The van der Waals surface area contributed by atoms with E-state index in [1.807, 2.05) is 42.6 Å². The SMILES string of the molecule is c1ccc(-c2nccc(-c3ccc4ccccc4c3)n2)cc1. The van der Waals surface area contributed by atoms with Gasteiger partial charge in [-0.3, -0.25) is 0 Å². The topological polar surface area (TPSA) is 25.8 Å². The van der Waals surface area contributed by atoms with Gasteiger partial charge in [-0.2, -0.15) is 0 Å². The third-order valence-corrected chi connectivity index (χ3v) is 3.73. The Kier molecular flexibility index (Phi) is 3.13. The molecular weight excluding hydrogens is 268 g/mol. The third-order valence-electron chi connectivity index (χ3n) is 3.73. The van der Waals surface area contributed by atoms with Crippen LogP contribution < -0.4 is 0 Å². The lowest BCUT2D eigenvalue weighted by molar-refractivity contribution is 1.18. The molecule has 0 spiro atoms. The zero-order chi connectivity index (χ0) is 14.8. The summed E-state index contributed by atoms with van der Waals surface area (Å²) in [6, 6.07) is 26.8. The van der Waals surface area contributed by atoms with E-state index in [0.29, 0.717) is 0 Å². The fourth-order valence-electron chi connectivity index (χ4n) is 2.59. The average Bonchev–Trinajstić information content (AvgIpc) is 2.62. The van der Waals surface area contributed by atoms with Gasteiger partial charge < -0.3 is 0 Å². The number of nitrogens with zero attached hydrogens (tertiary/aromatic N) is 2. The van der Waals surface area contributed by atoms with Crippen molar-refractivity contribution < 1.29 is 0 Å². The minimum Gasteiger partial charge on any atom is -0.237 e. The van der Waals surface area contributed by atoms with Crippen molar-refractivity contribution in [2.75, 3.05) is 0 Å². The summed E-state index contributed by atoms with van der Waals surface area (Å²) >= 11 is 0. The van der Waals surface area contributed by atoms with Crippen LogP contribution >= 0.6 is 0 Å². The molecule has 0 unspecified atom stereocenters. The molecule has 22 heavy (non-hydrogen) atoms. The summed E-state index contributed by atoms with van der Waals surface area (Å²) in [6.07, 6.45) is 1.82. The molecule has 104 valence electrons. The quantitative estimate of drug-likeness (QED) is 0.519. The second-order valence-electron chi connectivity index (χ2n) is 5.19. The van der Waals surface area contributed by atoms with Crippen molar-refractivity contribution in [1.82, 2.24) is 9.97 Å². The summed E-state index contributed by atoms with van der Waals surface area (Å²) in [5.74, 6) is 0.756. The molecule has 2 nitrogen and oxygen atoms in total. The fourth-order valence-corrected chi connectivity index (χ4v) is 2.59. The van der Waals surface area contributed by atoms with Gasteiger partial charge in [-0.25, -0.2) is 9.97 Å². The van der Waals surface area contributed by atoms with Crippen molar-refractivity contribution in [2.45, 2.75) is 0 Å². The van der Waals surface area contributed by atoms with Crippen molar-refractivity contribution in [2.24, 2.45) is 0 Å². The smallest absolute Gasteiger partial charge is 0.159 e. The summed E-state index contributed by atoms with van der Waals surface area (Å²) < 4.78 is 0. The lowest BCUT2D eigenvalue weighted by Crippen LogP contribution is -1.91. The van der Waals surface area contributed by atoms with E-state index in [2.05, 4.69) is 47.4 Å². The molecule has 0 atom stereocenters. The molecule has 0 saturated carbocycles. The maximum Gasteiger partial charge on any atom is 0.159 e. The maximum absolute atomic E-state index is 4.71. The predicted octanol–water partition coefficient (Wildman–Crippen LogP) is 4.96. The van der Waals surface area contributed by atoms with Crippen LogP contribution in [0.2, 0.25) is 0 Å². The lowest BCUT2D eigenvalue weighted by Gasteiger charge is -2.05. The Morgan fingerprint density at radius 2 is 1.36 bits per heavy atom. The first-order valence-corrected chi connectivity index (χ1v) is 7.28. The molecule has 0 bridgehead atoms. The Balaban J connectivity index is 1.81. The van der Waals surface area contributed by atoms with Crippen molar-refractivity contribution in [3.05, 3.63) is 85.1 Å². The van der Waals surface area contributed by atoms with E-state index in [1.165, 1.54) is 10.8 Å². The van der Waals surface area contributed by atoms with Crippen LogP contribution in [-0.4, -0.2) is 9.97 Å². The first-order valence-electron chi connectivity index (χ1n) is 7.28. The van der Waals surface area contributed by atoms with Gasteiger partial charge in [-0.15, -0.1) is 0 Å². The number of fused-ring (bicyclic) bond motifs is 1. The zero-order valence-corrected chi connectivity index (χ0v) is 12.0. The molecule has 4 rings (SSSR count). The van der Waals surface area contributed by atoms with E-state index in [0.717, 1.165) is 22.6 Å². The van der Waals surface area contributed by atoms with Crippen molar-refractivity contribution in [3.8, 4) is 22.6 Å². The molecule has 0 aliphatic heterocycles. The fraction of sp³-hybridized carbons (Fsp3) is 0. The van der Waals surface area contributed by atoms with E-state index in [9.17, 15) is 0 Å². The lowest BCUT2D eigenvalue weighted by atomic mass is 10.0. The van der Waals surface area contributed by atoms with Crippen LogP contribution in [0.1, 0.15) is 0 Å². The summed E-state index contributed by atoms with van der Waals surface area (Å²) in [5, 5.41) is 2.46.